The van der Waals surface area contributed by atoms with Gasteiger partial charge in [-0.1, -0.05) is 29.3 Å². The van der Waals surface area contributed by atoms with E-state index in [2.05, 4.69) is 15.3 Å². The van der Waals surface area contributed by atoms with Gasteiger partial charge in [0.25, 0.3) is 5.92 Å². The molecule has 212 valence electrons. The smallest absolute Gasteiger partial charge is 0.266 e. The highest BCUT2D eigenvalue weighted by molar-refractivity contribution is 6.41. The first-order chi connectivity index (χ1) is 19.1. The molecule has 10 nitrogen and oxygen atoms in total. The predicted molar refractivity (Wildman–Crippen MR) is 148 cm³/mol. The van der Waals surface area contributed by atoms with Gasteiger partial charge in [-0.2, -0.15) is 0 Å². The van der Waals surface area contributed by atoms with Crippen LogP contribution in [0.4, 0.5) is 20.5 Å². The number of alkyl halides is 2. The molecule has 14 heteroatoms. The van der Waals surface area contributed by atoms with E-state index >= 15 is 0 Å². The van der Waals surface area contributed by atoms with Gasteiger partial charge < -0.3 is 30.2 Å². The van der Waals surface area contributed by atoms with Crippen LogP contribution in [0.5, 0.6) is 11.5 Å². The Labute approximate surface area is 238 Å². The Morgan fingerprint density at radius 3 is 2.55 bits per heavy atom. The third kappa shape index (κ3) is 5.56. The number of hydrogen-bond donors (Lipinski definition) is 2. The summed E-state index contributed by atoms with van der Waals surface area (Å²) in [4.78, 5) is 26.5. The fourth-order valence-corrected chi connectivity index (χ4v) is 5.46. The molecule has 0 bridgehead atoms. The number of nitrogens with zero attached hydrogens (tertiary/aromatic N) is 4. The van der Waals surface area contributed by atoms with Gasteiger partial charge in [0, 0.05) is 42.1 Å². The van der Waals surface area contributed by atoms with Gasteiger partial charge >= 0.3 is 0 Å². The Morgan fingerprint density at radius 2 is 1.93 bits per heavy atom. The van der Waals surface area contributed by atoms with Crippen molar-refractivity contribution in [1.82, 2.24) is 15.0 Å². The lowest BCUT2D eigenvalue weighted by atomic mass is 10.0. The molecule has 1 amide bonds. The number of rotatable bonds is 8. The summed E-state index contributed by atoms with van der Waals surface area (Å²) in [5.41, 5.74) is 6.23. The standard InChI is InChI=1S/C26H26Cl2F2N6O4/c1-38-17-8-18(39-2)22(28)20(21(17)27)15-7-14-9-32-25(34-16-11-40-10-13(16)3-4-19(31)37)35-23(14)24(33-15)36-6-5-26(29,30)12-36/h3-4,7-9,13,16H,5-6,10-12H2,1-2H3,(H2,31,37)(H,32,34,35)/t13-,16+/m0/s1. The third-order valence-corrected chi connectivity index (χ3v) is 7.54. The van der Waals surface area contributed by atoms with Crippen molar-refractivity contribution in [2.24, 2.45) is 11.7 Å². The molecule has 1 aromatic carbocycles. The van der Waals surface area contributed by atoms with Crippen molar-refractivity contribution in [3.8, 4) is 22.8 Å². The average molecular weight is 595 g/mol. The van der Waals surface area contributed by atoms with Crippen LogP contribution in [0.3, 0.4) is 0 Å². The van der Waals surface area contributed by atoms with Crippen LogP contribution >= 0.6 is 23.2 Å². The van der Waals surface area contributed by atoms with Crippen LogP contribution in [0.25, 0.3) is 22.2 Å². The topological polar surface area (TPSA) is 125 Å². The number of nitrogens with one attached hydrogen (secondary N) is 1. The van der Waals surface area contributed by atoms with Crippen LogP contribution in [-0.4, -0.2) is 73.3 Å². The number of nitrogens with two attached hydrogens (primary N) is 1. The number of carbonyl (C=O) groups is 1. The molecule has 0 saturated carbocycles. The zero-order valence-electron chi connectivity index (χ0n) is 21.6. The summed E-state index contributed by atoms with van der Waals surface area (Å²) >= 11 is 13.3. The van der Waals surface area contributed by atoms with Gasteiger partial charge in [0.2, 0.25) is 11.9 Å². The molecule has 2 aliphatic rings. The second-order valence-electron chi connectivity index (χ2n) is 9.49. The van der Waals surface area contributed by atoms with E-state index in [-0.39, 0.29) is 46.7 Å². The van der Waals surface area contributed by atoms with Crippen molar-refractivity contribution in [1.29, 1.82) is 0 Å². The van der Waals surface area contributed by atoms with Gasteiger partial charge in [-0.3, -0.25) is 4.79 Å². The first-order valence-electron chi connectivity index (χ1n) is 12.3. The van der Waals surface area contributed by atoms with E-state index in [1.807, 2.05) is 0 Å². The molecule has 2 atom stereocenters. The summed E-state index contributed by atoms with van der Waals surface area (Å²) < 4.78 is 44.9. The Balaban J connectivity index is 1.61. The number of aromatic nitrogens is 3. The van der Waals surface area contributed by atoms with Gasteiger partial charge in [-0.15, -0.1) is 0 Å². The van der Waals surface area contributed by atoms with E-state index in [9.17, 15) is 13.6 Å². The molecule has 2 aromatic heterocycles. The molecule has 2 saturated heterocycles. The molecule has 40 heavy (non-hydrogen) atoms. The summed E-state index contributed by atoms with van der Waals surface area (Å²) in [6.45, 7) is 0.293. The molecule has 0 unspecified atom stereocenters. The minimum absolute atomic E-state index is 0.0741. The molecular weight excluding hydrogens is 569 g/mol. The number of halogens is 4. The predicted octanol–water partition coefficient (Wildman–Crippen LogP) is 4.33. The normalized spacial score (nSPS) is 20.4. The third-order valence-electron chi connectivity index (χ3n) is 6.79. The molecule has 0 aliphatic carbocycles. The van der Waals surface area contributed by atoms with Gasteiger partial charge in [0.1, 0.15) is 17.0 Å². The molecule has 4 heterocycles. The number of hydrogen-bond acceptors (Lipinski definition) is 9. The summed E-state index contributed by atoms with van der Waals surface area (Å²) in [6, 6.07) is 3.00. The van der Waals surface area contributed by atoms with E-state index < -0.39 is 18.4 Å². The van der Waals surface area contributed by atoms with E-state index in [1.165, 1.54) is 25.2 Å². The quantitative estimate of drug-likeness (QED) is 0.366. The van der Waals surface area contributed by atoms with Crippen LogP contribution in [-0.2, 0) is 9.53 Å². The Morgan fingerprint density at radius 1 is 1.20 bits per heavy atom. The summed E-state index contributed by atoms with van der Waals surface area (Å²) in [6.07, 6.45) is 4.21. The van der Waals surface area contributed by atoms with Crippen molar-refractivity contribution in [3.05, 3.63) is 40.5 Å². The zero-order chi connectivity index (χ0) is 28.6. The molecule has 2 fully saturated rings. The summed E-state index contributed by atoms with van der Waals surface area (Å²) in [7, 11) is 2.91. The lowest BCUT2D eigenvalue weighted by molar-refractivity contribution is -0.113. The Kier molecular flexibility index (Phi) is 7.85. The minimum Gasteiger partial charge on any atom is -0.495 e. The maximum Gasteiger partial charge on any atom is 0.266 e. The number of carbonyl (C=O) groups excluding carboxylic acids is 1. The lowest BCUT2D eigenvalue weighted by Crippen LogP contribution is -2.28. The maximum atomic E-state index is 14.3. The van der Waals surface area contributed by atoms with Gasteiger partial charge in [0.05, 0.1) is 55.8 Å². The molecular formula is C26H26Cl2F2N6O4. The first kappa shape index (κ1) is 28.1. The second-order valence-corrected chi connectivity index (χ2v) is 10.2. The van der Waals surface area contributed by atoms with Gasteiger partial charge in [-0.05, 0) is 12.1 Å². The number of fused-ring (bicyclic) bond motifs is 1. The van der Waals surface area contributed by atoms with Crippen molar-refractivity contribution in [2.75, 3.05) is 50.7 Å². The number of primary amides is 1. The first-order valence-corrected chi connectivity index (χ1v) is 13.1. The van der Waals surface area contributed by atoms with Crippen LogP contribution in [0, 0.1) is 5.92 Å². The molecule has 0 radical (unpaired) electrons. The van der Waals surface area contributed by atoms with E-state index in [4.69, 9.17) is 48.1 Å². The summed E-state index contributed by atoms with van der Waals surface area (Å²) in [5, 5.41) is 4.12. The van der Waals surface area contributed by atoms with E-state index in [0.717, 1.165) is 0 Å². The average Bonchev–Trinajstić information content (AvgIpc) is 3.52. The van der Waals surface area contributed by atoms with Crippen molar-refractivity contribution >= 4 is 51.8 Å². The second kappa shape index (κ2) is 11.2. The Hall–Kier alpha value is -3.48. The highest BCUT2D eigenvalue weighted by Gasteiger charge is 2.40. The van der Waals surface area contributed by atoms with Gasteiger partial charge in [0.15, 0.2) is 5.82 Å². The molecule has 3 aromatic rings. The Bertz CT molecular complexity index is 1460. The SMILES string of the molecule is COc1cc(OC)c(Cl)c(-c2cc3cnc(N[C@@H]4COC[C@@H]4C=CC(N)=O)nc3c(N3CCC(F)(F)C3)n2)c1Cl. The monoisotopic (exact) mass is 594 g/mol. The fourth-order valence-electron chi connectivity index (χ4n) is 4.76. The number of pyridine rings is 1. The molecule has 5 rings (SSSR count). The summed E-state index contributed by atoms with van der Waals surface area (Å²) in [5.74, 6) is -2.48. The molecule has 3 N–H and O–H groups in total. The van der Waals surface area contributed by atoms with Crippen molar-refractivity contribution in [3.63, 3.8) is 0 Å². The fraction of sp³-hybridized carbons (Fsp3) is 0.385. The zero-order valence-corrected chi connectivity index (χ0v) is 23.1. The number of anilines is 2. The lowest BCUT2D eigenvalue weighted by Gasteiger charge is -2.22. The van der Waals surface area contributed by atoms with E-state index in [0.29, 0.717) is 46.9 Å². The van der Waals surface area contributed by atoms with Crippen molar-refractivity contribution in [2.45, 2.75) is 18.4 Å². The van der Waals surface area contributed by atoms with E-state index in [1.54, 1.807) is 24.4 Å². The highest BCUT2D eigenvalue weighted by Crippen LogP contribution is 2.46. The van der Waals surface area contributed by atoms with Crippen molar-refractivity contribution < 1.29 is 27.8 Å². The highest BCUT2D eigenvalue weighted by atomic mass is 35.5. The maximum absolute atomic E-state index is 14.3. The minimum atomic E-state index is -2.88. The molecule has 0 spiro atoms. The van der Waals surface area contributed by atoms with Crippen LogP contribution in [0.1, 0.15) is 6.42 Å². The number of methoxy groups -OCH3 is 2. The van der Waals surface area contributed by atoms with Crippen LogP contribution < -0.4 is 25.4 Å². The number of benzene rings is 1. The van der Waals surface area contributed by atoms with Crippen LogP contribution in [0.2, 0.25) is 10.0 Å². The van der Waals surface area contributed by atoms with Gasteiger partial charge in [-0.25, -0.2) is 23.7 Å². The van der Waals surface area contributed by atoms with Crippen LogP contribution in [0.15, 0.2) is 30.5 Å². The number of amides is 1. The number of ether oxygens (including phenoxy) is 3. The molecule has 2 aliphatic heterocycles. The largest absolute Gasteiger partial charge is 0.495 e.